The van der Waals surface area contributed by atoms with Gasteiger partial charge in [-0.15, -0.1) is 0 Å². The van der Waals surface area contributed by atoms with Gasteiger partial charge in [0.15, 0.2) is 0 Å². The molecule has 0 saturated heterocycles. The van der Waals surface area contributed by atoms with Crippen molar-refractivity contribution in [1.29, 1.82) is 0 Å². The first-order valence-electron chi connectivity index (χ1n) is 7.42. The summed E-state index contributed by atoms with van der Waals surface area (Å²) in [7, 11) is 0. The first-order chi connectivity index (χ1) is 8.88. The van der Waals surface area contributed by atoms with Gasteiger partial charge in [-0.3, -0.25) is 0 Å². The van der Waals surface area contributed by atoms with Crippen LogP contribution in [-0.2, 0) is 12.8 Å². The van der Waals surface area contributed by atoms with Crippen LogP contribution in [0.3, 0.4) is 0 Å². The van der Waals surface area contributed by atoms with Gasteiger partial charge in [0.1, 0.15) is 0 Å². The van der Waals surface area contributed by atoms with Gasteiger partial charge in [-0.2, -0.15) is 0 Å². The highest BCUT2D eigenvalue weighted by Gasteiger charge is 2.20. The Kier molecular flexibility index (Phi) is 3.51. The normalized spacial score (nSPS) is 19.7. The Hall–Kier alpha value is -1.08. The number of hydrogen-bond acceptors (Lipinski definition) is 1. The standard InChI is InChI=1S/C17H23N/c1-2-18-17(14-6-3-4-7-14)16-11-10-13-8-5-9-15(13)12-16/h6,10-12,17-18H,2-5,7-9H2,1H3. The Morgan fingerprint density at radius 3 is 2.78 bits per heavy atom. The summed E-state index contributed by atoms with van der Waals surface area (Å²) >= 11 is 0. The minimum atomic E-state index is 0.461. The molecule has 2 aliphatic carbocycles. The van der Waals surface area contributed by atoms with Crippen LogP contribution in [-0.4, -0.2) is 6.54 Å². The lowest BCUT2D eigenvalue weighted by Gasteiger charge is -2.21. The second-order valence-electron chi connectivity index (χ2n) is 5.54. The zero-order valence-electron chi connectivity index (χ0n) is 11.3. The summed E-state index contributed by atoms with van der Waals surface area (Å²) in [5.74, 6) is 0. The summed E-state index contributed by atoms with van der Waals surface area (Å²) in [6.07, 6.45) is 10.2. The van der Waals surface area contributed by atoms with Crippen molar-refractivity contribution in [2.75, 3.05) is 6.54 Å². The zero-order valence-corrected chi connectivity index (χ0v) is 11.3. The third-order valence-electron chi connectivity index (χ3n) is 4.31. The van der Waals surface area contributed by atoms with Gasteiger partial charge in [-0.05, 0) is 61.8 Å². The molecule has 0 saturated carbocycles. The molecular formula is C17H23N. The number of aryl methyl sites for hydroxylation is 2. The molecule has 0 amide bonds. The molecule has 3 rings (SSSR count). The van der Waals surface area contributed by atoms with Crippen LogP contribution in [0.15, 0.2) is 29.8 Å². The topological polar surface area (TPSA) is 12.0 Å². The highest BCUT2D eigenvalue weighted by atomic mass is 14.9. The Balaban J connectivity index is 1.89. The Morgan fingerprint density at radius 1 is 1.11 bits per heavy atom. The third-order valence-corrected chi connectivity index (χ3v) is 4.31. The molecule has 0 bridgehead atoms. The largest absolute Gasteiger partial charge is 0.307 e. The molecule has 0 fully saturated rings. The number of hydrogen-bond donors (Lipinski definition) is 1. The van der Waals surface area contributed by atoms with Crippen LogP contribution in [0.25, 0.3) is 0 Å². The zero-order chi connectivity index (χ0) is 12.4. The van der Waals surface area contributed by atoms with E-state index in [0.717, 1.165) is 6.54 Å². The van der Waals surface area contributed by atoms with E-state index in [4.69, 9.17) is 0 Å². The summed E-state index contributed by atoms with van der Waals surface area (Å²) in [5, 5.41) is 3.66. The van der Waals surface area contributed by atoms with Gasteiger partial charge in [-0.1, -0.05) is 36.8 Å². The molecule has 96 valence electrons. The second-order valence-corrected chi connectivity index (χ2v) is 5.54. The van der Waals surface area contributed by atoms with Crippen molar-refractivity contribution in [3.8, 4) is 0 Å². The Morgan fingerprint density at radius 2 is 2.00 bits per heavy atom. The van der Waals surface area contributed by atoms with E-state index in [9.17, 15) is 0 Å². The van der Waals surface area contributed by atoms with Crippen molar-refractivity contribution >= 4 is 0 Å². The number of benzene rings is 1. The molecule has 1 aromatic carbocycles. The lowest BCUT2D eigenvalue weighted by atomic mass is 9.95. The van der Waals surface area contributed by atoms with E-state index in [1.165, 1.54) is 44.1 Å². The van der Waals surface area contributed by atoms with E-state index in [1.54, 1.807) is 16.7 Å². The van der Waals surface area contributed by atoms with Gasteiger partial charge in [0.05, 0.1) is 6.04 Å². The van der Waals surface area contributed by atoms with Crippen LogP contribution in [0.4, 0.5) is 0 Å². The predicted molar refractivity (Wildman–Crippen MR) is 76.8 cm³/mol. The van der Waals surface area contributed by atoms with Crippen LogP contribution < -0.4 is 5.32 Å². The van der Waals surface area contributed by atoms with Crippen molar-refractivity contribution in [2.45, 2.75) is 51.5 Å². The van der Waals surface area contributed by atoms with Gasteiger partial charge < -0.3 is 5.32 Å². The quantitative estimate of drug-likeness (QED) is 0.787. The number of fused-ring (bicyclic) bond motifs is 1. The molecule has 1 atom stereocenters. The molecule has 0 spiro atoms. The summed E-state index contributed by atoms with van der Waals surface area (Å²) in [4.78, 5) is 0. The highest BCUT2D eigenvalue weighted by Crippen LogP contribution is 2.33. The summed E-state index contributed by atoms with van der Waals surface area (Å²) in [6, 6.07) is 7.62. The Bertz CT molecular complexity index is 459. The number of allylic oxidation sites excluding steroid dienone is 1. The van der Waals surface area contributed by atoms with E-state index in [2.05, 4.69) is 36.5 Å². The van der Waals surface area contributed by atoms with Gasteiger partial charge in [0.25, 0.3) is 0 Å². The van der Waals surface area contributed by atoms with Gasteiger partial charge in [-0.25, -0.2) is 0 Å². The van der Waals surface area contributed by atoms with Crippen molar-refractivity contribution in [2.24, 2.45) is 0 Å². The minimum Gasteiger partial charge on any atom is -0.307 e. The molecule has 18 heavy (non-hydrogen) atoms. The van der Waals surface area contributed by atoms with E-state index in [1.807, 2.05) is 0 Å². The van der Waals surface area contributed by atoms with Gasteiger partial charge in [0.2, 0.25) is 0 Å². The van der Waals surface area contributed by atoms with Crippen LogP contribution in [0.2, 0.25) is 0 Å². The third kappa shape index (κ3) is 2.24. The van der Waals surface area contributed by atoms with Crippen LogP contribution in [0.1, 0.15) is 55.3 Å². The molecule has 0 aromatic heterocycles. The fourth-order valence-electron chi connectivity index (χ4n) is 3.40. The van der Waals surface area contributed by atoms with Gasteiger partial charge in [0, 0.05) is 0 Å². The van der Waals surface area contributed by atoms with Crippen LogP contribution in [0, 0.1) is 0 Å². The molecule has 1 nitrogen and oxygen atoms in total. The van der Waals surface area contributed by atoms with E-state index < -0.39 is 0 Å². The molecule has 0 heterocycles. The average Bonchev–Trinajstić information content (AvgIpc) is 3.05. The smallest absolute Gasteiger partial charge is 0.0536 e. The second kappa shape index (κ2) is 5.27. The monoisotopic (exact) mass is 241 g/mol. The summed E-state index contributed by atoms with van der Waals surface area (Å²) < 4.78 is 0. The first-order valence-corrected chi connectivity index (χ1v) is 7.42. The van der Waals surface area contributed by atoms with Gasteiger partial charge >= 0.3 is 0 Å². The molecule has 2 aliphatic rings. The number of nitrogens with one attached hydrogen (secondary N) is 1. The maximum absolute atomic E-state index is 3.66. The average molecular weight is 241 g/mol. The van der Waals surface area contributed by atoms with E-state index in [0.29, 0.717) is 6.04 Å². The van der Waals surface area contributed by atoms with E-state index >= 15 is 0 Å². The SMILES string of the molecule is CCNC(C1=CCCC1)c1ccc2c(c1)CCC2. The number of rotatable bonds is 4. The van der Waals surface area contributed by atoms with Crippen LogP contribution in [0.5, 0.6) is 0 Å². The molecule has 1 aromatic rings. The van der Waals surface area contributed by atoms with Crippen molar-refractivity contribution < 1.29 is 0 Å². The molecule has 0 radical (unpaired) electrons. The van der Waals surface area contributed by atoms with Crippen molar-refractivity contribution in [3.63, 3.8) is 0 Å². The van der Waals surface area contributed by atoms with E-state index in [-0.39, 0.29) is 0 Å². The minimum absolute atomic E-state index is 0.461. The summed E-state index contributed by atoms with van der Waals surface area (Å²) in [5.41, 5.74) is 6.25. The molecule has 1 heteroatoms. The van der Waals surface area contributed by atoms with Crippen molar-refractivity contribution in [1.82, 2.24) is 5.32 Å². The fourth-order valence-corrected chi connectivity index (χ4v) is 3.40. The molecular weight excluding hydrogens is 218 g/mol. The molecule has 0 aliphatic heterocycles. The maximum atomic E-state index is 3.66. The molecule has 1 unspecified atom stereocenters. The lowest BCUT2D eigenvalue weighted by Crippen LogP contribution is -2.22. The van der Waals surface area contributed by atoms with Crippen molar-refractivity contribution in [3.05, 3.63) is 46.5 Å². The predicted octanol–water partition coefficient (Wildman–Crippen LogP) is 3.94. The lowest BCUT2D eigenvalue weighted by molar-refractivity contribution is 0.605. The Labute approximate surface area is 110 Å². The number of likely N-dealkylation sites (N-methyl/N-ethyl adjacent to an activating group) is 1. The van der Waals surface area contributed by atoms with Crippen LogP contribution >= 0.6 is 0 Å². The first kappa shape index (κ1) is 12.0. The fraction of sp³-hybridized carbons (Fsp3) is 0.529. The maximum Gasteiger partial charge on any atom is 0.0536 e. The summed E-state index contributed by atoms with van der Waals surface area (Å²) in [6.45, 7) is 3.25. The highest BCUT2D eigenvalue weighted by molar-refractivity contribution is 5.39. The molecule has 1 N–H and O–H groups in total.